The molecule has 0 atom stereocenters. The first-order valence-corrected chi connectivity index (χ1v) is 11.3. The van der Waals surface area contributed by atoms with Crippen molar-refractivity contribution in [1.29, 1.82) is 0 Å². The van der Waals surface area contributed by atoms with Crippen molar-refractivity contribution in [1.82, 2.24) is 18.9 Å². The molecule has 0 radical (unpaired) electrons. The molecular weight excluding hydrogens is 418 g/mol. The first-order valence-electron chi connectivity index (χ1n) is 11.3. The van der Waals surface area contributed by atoms with Gasteiger partial charge in [0.2, 0.25) is 5.91 Å². The van der Waals surface area contributed by atoms with Crippen LogP contribution in [0.15, 0.2) is 65.7 Å². The Hall–Kier alpha value is -3.81. The SMILES string of the molecule is COc1cccc(N2CCN(C(=O)CCCn3c(=O)c4cccn4c4cccnc43)CC2)c1. The zero-order valence-corrected chi connectivity index (χ0v) is 18.7. The predicted octanol–water partition coefficient (Wildman–Crippen LogP) is 2.79. The number of carbonyl (C=O) groups excluding carboxylic acids is 1. The fourth-order valence-electron chi connectivity index (χ4n) is 4.56. The second-order valence-electron chi connectivity index (χ2n) is 8.24. The molecule has 8 nitrogen and oxygen atoms in total. The maximum Gasteiger partial charge on any atom is 0.276 e. The van der Waals surface area contributed by atoms with E-state index < -0.39 is 0 Å². The summed E-state index contributed by atoms with van der Waals surface area (Å²) in [5.41, 5.74) is 3.18. The molecule has 1 saturated heterocycles. The third-order valence-electron chi connectivity index (χ3n) is 6.32. The van der Waals surface area contributed by atoms with Gasteiger partial charge in [-0.1, -0.05) is 6.07 Å². The molecule has 0 aliphatic carbocycles. The van der Waals surface area contributed by atoms with Crippen LogP contribution in [0.25, 0.3) is 16.7 Å². The largest absolute Gasteiger partial charge is 0.497 e. The Morgan fingerprint density at radius 1 is 1.03 bits per heavy atom. The molecule has 3 aromatic heterocycles. The second kappa shape index (κ2) is 8.97. The minimum absolute atomic E-state index is 0.0782. The number of amides is 1. The third-order valence-corrected chi connectivity index (χ3v) is 6.32. The first-order chi connectivity index (χ1) is 16.2. The van der Waals surface area contributed by atoms with Crippen LogP contribution >= 0.6 is 0 Å². The maximum absolute atomic E-state index is 13.0. The lowest BCUT2D eigenvalue weighted by molar-refractivity contribution is -0.131. The van der Waals surface area contributed by atoms with E-state index in [1.807, 2.05) is 58.0 Å². The van der Waals surface area contributed by atoms with Crippen molar-refractivity contribution in [3.63, 3.8) is 0 Å². The van der Waals surface area contributed by atoms with E-state index in [1.54, 1.807) is 17.9 Å². The summed E-state index contributed by atoms with van der Waals surface area (Å²) >= 11 is 0. The monoisotopic (exact) mass is 445 g/mol. The summed E-state index contributed by atoms with van der Waals surface area (Å²) in [5, 5.41) is 0. The van der Waals surface area contributed by atoms with Crippen LogP contribution in [-0.4, -0.2) is 58.0 Å². The summed E-state index contributed by atoms with van der Waals surface area (Å²) < 4.78 is 8.88. The number of hydrogen-bond donors (Lipinski definition) is 0. The van der Waals surface area contributed by atoms with Crippen LogP contribution in [0.1, 0.15) is 12.8 Å². The van der Waals surface area contributed by atoms with Crippen molar-refractivity contribution in [3.05, 3.63) is 71.3 Å². The van der Waals surface area contributed by atoms with Crippen LogP contribution in [-0.2, 0) is 11.3 Å². The fourth-order valence-corrected chi connectivity index (χ4v) is 4.56. The van der Waals surface area contributed by atoms with Crippen LogP contribution in [0.3, 0.4) is 0 Å². The maximum atomic E-state index is 13.0. The summed E-state index contributed by atoms with van der Waals surface area (Å²) in [6.07, 6.45) is 4.57. The van der Waals surface area contributed by atoms with Crippen molar-refractivity contribution in [2.24, 2.45) is 0 Å². The molecule has 1 aromatic carbocycles. The number of aryl methyl sites for hydroxylation is 1. The minimum Gasteiger partial charge on any atom is -0.497 e. The van der Waals surface area contributed by atoms with Crippen molar-refractivity contribution in [2.75, 3.05) is 38.2 Å². The second-order valence-corrected chi connectivity index (χ2v) is 8.24. The molecule has 170 valence electrons. The Kier molecular flexibility index (Phi) is 5.73. The number of benzene rings is 1. The molecule has 0 bridgehead atoms. The molecule has 4 heterocycles. The molecule has 0 unspecified atom stereocenters. The van der Waals surface area contributed by atoms with E-state index in [9.17, 15) is 9.59 Å². The summed E-state index contributed by atoms with van der Waals surface area (Å²) in [4.78, 5) is 34.5. The van der Waals surface area contributed by atoms with Gasteiger partial charge in [-0.25, -0.2) is 4.98 Å². The van der Waals surface area contributed by atoms with Gasteiger partial charge in [-0.15, -0.1) is 0 Å². The molecule has 1 amide bonds. The molecule has 5 rings (SSSR count). The fraction of sp³-hybridized carbons (Fsp3) is 0.320. The average molecular weight is 446 g/mol. The Morgan fingerprint density at radius 2 is 1.85 bits per heavy atom. The van der Waals surface area contributed by atoms with E-state index in [2.05, 4.69) is 16.0 Å². The number of piperazine rings is 1. The smallest absolute Gasteiger partial charge is 0.276 e. The number of nitrogens with zero attached hydrogens (tertiary/aromatic N) is 5. The van der Waals surface area contributed by atoms with Crippen molar-refractivity contribution < 1.29 is 9.53 Å². The van der Waals surface area contributed by atoms with Gasteiger partial charge in [0.15, 0.2) is 5.65 Å². The summed E-state index contributed by atoms with van der Waals surface area (Å²) in [6.45, 7) is 3.42. The standard InChI is InChI=1S/C25H27N5O3/c1-33-20-7-2-6-19(18-20)27-14-16-28(17-15-27)23(31)10-5-13-30-24-21(8-3-11-26-24)29-12-4-9-22(29)25(30)32/h2-4,6-9,11-12,18H,5,10,13-17H2,1H3. The van der Waals surface area contributed by atoms with Gasteiger partial charge >= 0.3 is 0 Å². The topological polar surface area (TPSA) is 72.1 Å². The molecule has 0 spiro atoms. The van der Waals surface area contributed by atoms with Crippen LogP contribution < -0.4 is 15.2 Å². The first kappa shape index (κ1) is 21.1. The lowest BCUT2D eigenvalue weighted by Crippen LogP contribution is -2.48. The van der Waals surface area contributed by atoms with E-state index in [-0.39, 0.29) is 11.5 Å². The third kappa shape index (κ3) is 4.04. The normalized spacial score (nSPS) is 14.2. The number of ether oxygens (including phenoxy) is 1. The Labute approximate surface area is 191 Å². The number of aromatic nitrogens is 3. The summed E-state index contributed by atoms with van der Waals surface area (Å²) in [6, 6.07) is 15.5. The zero-order valence-electron chi connectivity index (χ0n) is 18.7. The highest BCUT2D eigenvalue weighted by atomic mass is 16.5. The predicted molar refractivity (Wildman–Crippen MR) is 128 cm³/mol. The molecule has 1 fully saturated rings. The van der Waals surface area contributed by atoms with Crippen molar-refractivity contribution >= 4 is 28.3 Å². The molecule has 1 aliphatic heterocycles. The zero-order chi connectivity index (χ0) is 22.8. The lowest BCUT2D eigenvalue weighted by Gasteiger charge is -2.36. The number of anilines is 1. The number of fused-ring (bicyclic) bond motifs is 3. The Morgan fingerprint density at radius 3 is 2.67 bits per heavy atom. The van der Waals surface area contributed by atoms with E-state index in [0.29, 0.717) is 43.6 Å². The van der Waals surface area contributed by atoms with Crippen LogP contribution in [0, 0.1) is 0 Å². The van der Waals surface area contributed by atoms with Gasteiger partial charge < -0.3 is 18.9 Å². The van der Waals surface area contributed by atoms with Crippen LogP contribution in [0.4, 0.5) is 5.69 Å². The Bertz CT molecular complexity index is 1350. The summed E-state index contributed by atoms with van der Waals surface area (Å²) in [5.74, 6) is 0.968. The van der Waals surface area contributed by atoms with E-state index >= 15 is 0 Å². The number of pyridine rings is 1. The van der Waals surface area contributed by atoms with Gasteiger partial charge in [0.25, 0.3) is 5.56 Å². The molecule has 1 aliphatic rings. The van der Waals surface area contributed by atoms with E-state index in [4.69, 9.17) is 4.74 Å². The lowest BCUT2D eigenvalue weighted by atomic mass is 10.2. The van der Waals surface area contributed by atoms with Gasteiger partial charge in [0, 0.05) is 63.3 Å². The quantitative estimate of drug-likeness (QED) is 0.456. The number of methoxy groups -OCH3 is 1. The molecule has 0 N–H and O–H groups in total. The minimum atomic E-state index is -0.0782. The van der Waals surface area contributed by atoms with E-state index in [0.717, 1.165) is 30.0 Å². The number of hydrogen-bond acceptors (Lipinski definition) is 5. The molecule has 33 heavy (non-hydrogen) atoms. The molecule has 4 aromatic rings. The summed E-state index contributed by atoms with van der Waals surface area (Å²) in [7, 11) is 1.67. The number of rotatable bonds is 6. The van der Waals surface area contributed by atoms with Gasteiger partial charge in [0.05, 0.1) is 12.6 Å². The molecule has 8 heteroatoms. The van der Waals surface area contributed by atoms with Crippen molar-refractivity contribution in [3.8, 4) is 5.75 Å². The highest BCUT2D eigenvalue weighted by Crippen LogP contribution is 2.22. The van der Waals surface area contributed by atoms with E-state index in [1.165, 1.54) is 0 Å². The van der Waals surface area contributed by atoms with Gasteiger partial charge in [0.1, 0.15) is 11.3 Å². The molecular formula is C25H27N5O3. The molecule has 0 saturated carbocycles. The number of carbonyl (C=O) groups is 1. The van der Waals surface area contributed by atoms with Gasteiger partial charge in [-0.05, 0) is 42.8 Å². The van der Waals surface area contributed by atoms with Crippen molar-refractivity contribution in [2.45, 2.75) is 19.4 Å². The van der Waals surface area contributed by atoms with Gasteiger partial charge in [-0.2, -0.15) is 0 Å². The van der Waals surface area contributed by atoms with Crippen LogP contribution in [0.5, 0.6) is 5.75 Å². The van der Waals surface area contributed by atoms with Crippen LogP contribution in [0.2, 0.25) is 0 Å². The Balaban J connectivity index is 1.21. The average Bonchev–Trinajstić information content (AvgIpc) is 3.37. The highest BCUT2D eigenvalue weighted by molar-refractivity contribution is 5.77. The highest BCUT2D eigenvalue weighted by Gasteiger charge is 2.21. The van der Waals surface area contributed by atoms with Gasteiger partial charge in [-0.3, -0.25) is 14.2 Å².